The number of rotatable bonds is 7. The molecule has 3 aromatic rings. The summed E-state index contributed by atoms with van der Waals surface area (Å²) in [5.74, 6) is 1.09. The molecule has 2 heterocycles. The van der Waals surface area contributed by atoms with E-state index in [2.05, 4.69) is 25.3 Å². The van der Waals surface area contributed by atoms with Gasteiger partial charge in [-0.25, -0.2) is 18.1 Å². The first-order chi connectivity index (χ1) is 16.5. The fraction of sp³-hybridized carbons (Fsp3) is 0.320. The van der Waals surface area contributed by atoms with Crippen LogP contribution in [0.5, 0.6) is 0 Å². The van der Waals surface area contributed by atoms with Crippen LogP contribution >= 0.6 is 0 Å². The van der Waals surface area contributed by atoms with Crippen LogP contribution in [-0.4, -0.2) is 37.4 Å². The lowest BCUT2D eigenvalue weighted by molar-refractivity contribution is -0.118. The molecule has 0 bridgehead atoms. The lowest BCUT2D eigenvalue weighted by atomic mass is 10.0. The molecule has 0 atom stereocenters. The summed E-state index contributed by atoms with van der Waals surface area (Å²) in [4.78, 5) is 22.8. The largest absolute Gasteiger partial charge is 0.340 e. The van der Waals surface area contributed by atoms with Gasteiger partial charge in [-0.15, -0.1) is 0 Å². The summed E-state index contributed by atoms with van der Waals surface area (Å²) in [7, 11) is -1.85. The highest BCUT2D eigenvalue weighted by atomic mass is 32.2. The highest BCUT2D eigenvalue weighted by molar-refractivity contribution is 7.89. The van der Waals surface area contributed by atoms with Crippen molar-refractivity contribution >= 4 is 44.8 Å². The summed E-state index contributed by atoms with van der Waals surface area (Å²) >= 11 is 0. The zero-order chi connectivity index (χ0) is 25.3. The van der Waals surface area contributed by atoms with E-state index < -0.39 is 10.0 Å². The molecule has 0 saturated heterocycles. The topological polar surface area (TPSA) is 116 Å². The van der Waals surface area contributed by atoms with Crippen LogP contribution in [0.4, 0.5) is 28.8 Å². The Bertz CT molecular complexity index is 1390. The van der Waals surface area contributed by atoms with Gasteiger partial charge in [-0.1, -0.05) is 6.07 Å². The highest BCUT2D eigenvalue weighted by Gasteiger charge is 2.21. The maximum atomic E-state index is 12.7. The molecule has 3 N–H and O–H groups in total. The monoisotopic (exact) mass is 494 g/mol. The second-order valence-corrected chi connectivity index (χ2v) is 10.7. The van der Waals surface area contributed by atoms with Crippen LogP contribution < -0.4 is 20.3 Å². The fourth-order valence-corrected chi connectivity index (χ4v) is 5.49. The van der Waals surface area contributed by atoms with E-state index in [0.29, 0.717) is 35.9 Å². The van der Waals surface area contributed by atoms with Gasteiger partial charge < -0.3 is 15.5 Å². The number of carbonyl (C=O) groups excluding carboxylic acids is 1. The number of sulfonamides is 1. The smallest absolute Gasteiger partial charge is 0.241 e. The second-order valence-electron chi connectivity index (χ2n) is 9.03. The molecule has 1 aliphatic heterocycles. The van der Waals surface area contributed by atoms with Crippen LogP contribution in [0.25, 0.3) is 0 Å². The Kier molecular flexibility index (Phi) is 6.77. The normalized spacial score (nSPS) is 13.7. The first-order valence-electron chi connectivity index (χ1n) is 11.4. The third-order valence-electron chi connectivity index (χ3n) is 5.78. The summed E-state index contributed by atoms with van der Waals surface area (Å²) in [6.07, 6.45) is 2.90. The third-order valence-corrected chi connectivity index (χ3v) is 7.58. The molecule has 4 rings (SSSR count). The number of hydrogen-bond acceptors (Lipinski definition) is 7. The molecule has 0 spiro atoms. The predicted molar refractivity (Wildman–Crippen MR) is 138 cm³/mol. The van der Waals surface area contributed by atoms with E-state index in [1.807, 2.05) is 25.1 Å². The van der Waals surface area contributed by atoms with Crippen molar-refractivity contribution in [1.82, 2.24) is 14.7 Å². The van der Waals surface area contributed by atoms with Crippen LogP contribution in [-0.2, 0) is 21.2 Å². The molecule has 35 heavy (non-hydrogen) atoms. The quantitative estimate of drug-likeness (QED) is 0.451. The molecule has 184 valence electrons. The Balaban J connectivity index is 1.57. The highest BCUT2D eigenvalue weighted by Crippen LogP contribution is 2.31. The molecule has 10 heteroatoms. The molecule has 0 saturated carbocycles. The lowest BCUT2D eigenvalue weighted by Crippen LogP contribution is -2.31. The maximum Gasteiger partial charge on any atom is 0.241 e. The van der Waals surface area contributed by atoms with Gasteiger partial charge >= 0.3 is 0 Å². The molecule has 0 radical (unpaired) electrons. The Morgan fingerprint density at radius 3 is 2.43 bits per heavy atom. The number of hydrogen-bond donors (Lipinski definition) is 3. The van der Waals surface area contributed by atoms with Gasteiger partial charge in [0.1, 0.15) is 5.82 Å². The number of aromatic nitrogens is 2. The Morgan fingerprint density at radius 2 is 1.69 bits per heavy atom. The van der Waals surface area contributed by atoms with Gasteiger partial charge in [0.05, 0.1) is 4.90 Å². The van der Waals surface area contributed by atoms with Crippen LogP contribution in [0.2, 0.25) is 0 Å². The average Bonchev–Trinajstić information content (AvgIpc) is 2.79. The Labute approximate surface area is 206 Å². The first-order valence-corrected chi connectivity index (χ1v) is 12.9. The zero-order valence-corrected chi connectivity index (χ0v) is 21.3. The van der Waals surface area contributed by atoms with Crippen LogP contribution in [0.15, 0.2) is 47.5 Å². The molecule has 1 aromatic heterocycles. The number of nitrogens with one attached hydrogen (secondary N) is 3. The minimum atomic E-state index is -3.64. The predicted octanol–water partition coefficient (Wildman–Crippen LogP) is 4.18. The van der Waals surface area contributed by atoms with Gasteiger partial charge in [-0.05, 0) is 75.6 Å². The molecule has 0 unspecified atom stereocenters. The van der Waals surface area contributed by atoms with Crippen molar-refractivity contribution < 1.29 is 13.2 Å². The van der Waals surface area contributed by atoms with Crippen molar-refractivity contribution in [3.8, 4) is 0 Å². The zero-order valence-electron chi connectivity index (χ0n) is 20.5. The maximum absolute atomic E-state index is 12.7. The van der Waals surface area contributed by atoms with Crippen molar-refractivity contribution in [3.63, 3.8) is 0 Å². The molecule has 1 aliphatic rings. The first kappa shape index (κ1) is 24.6. The van der Waals surface area contributed by atoms with E-state index in [9.17, 15) is 13.2 Å². The summed E-state index contributed by atoms with van der Waals surface area (Å²) < 4.78 is 28.0. The van der Waals surface area contributed by atoms with Gasteiger partial charge in [-0.3, -0.25) is 4.79 Å². The fourth-order valence-electron chi connectivity index (χ4n) is 3.97. The van der Waals surface area contributed by atoms with Crippen molar-refractivity contribution in [3.05, 3.63) is 59.3 Å². The lowest BCUT2D eigenvalue weighted by Gasteiger charge is -2.26. The van der Waals surface area contributed by atoms with E-state index in [1.54, 1.807) is 57.1 Å². The van der Waals surface area contributed by atoms with Crippen molar-refractivity contribution in [2.45, 2.75) is 51.5 Å². The Morgan fingerprint density at radius 1 is 0.971 bits per heavy atom. The number of anilines is 5. The molecular weight excluding hydrogens is 464 g/mol. The van der Waals surface area contributed by atoms with Crippen molar-refractivity contribution in [2.75, 3.05) is 22.6 Å². The average molecular weight is 495 g/mol. The van der Waals surface area contributed by atoms with E-state index in [1.165, 1.54) is 0 Å². The minimum Gasteiger partial charge on any atom is -0.340 e. The molecular formula is C25H30N6O3S. The van der Waals surface area contributed by atoms with Crippen LogP contribution in [0.1, 0.15) is 37.0 Å². The number of benzene rings is 2. The summed E-state index contributed by atoms with van der Waals surface area (Å²) in [5.41, 5.74) is 4.96. The molecule has 0 aliphatic carbocycles. The van der Waals surface area contributed by atoms with Crippen LogP contribution in [0.3, 0.4) is 0 Å². The van der Waals surface area contributed by atoms with E-state index in [-0.39, 0.29) is 16.8 Å². The van der Waals surface area contributed by atoms with Gasteiger partial charge in [-0.2, -0.15) is 4.98 Å². The molecule has 0 fully saturated rings. The van der Waals surface area contributed by atoms with Gasteiger partial charge in [0.15, 0.2) is 0 Å². The number of amides is 1. The van der Waals surface area contributed by atoms with Gasteiger partial charge in [0, 0.05) is 48.3 Å². The number of nitrogens with zero attached hydrogens (tertiary/aromatic N) is 3. The van der Waals surface area contributed by atoms with E-state index in [4.69, 9.17) is 0 Å². The molecule has 9 nitrogen and oxygen atoms in total. The third kappa shape index (κ3) is 5.44. The van der Waals surface area contributed by atoms with Crippen molar-refractivity contribution in [1.29, 1.82) is 0 Å². The summed E-state index contributed by atoms with van der Waals surface area (Å²) in [6, 6.07) is 10.8. The van der Waals surface area contributed by atoms with Gasteiger partial charge in [0.2, 0.25) is 21.9 Å². The molecule has 2 aromatic carbocycles. The number of carbonyl (C=O) groups is 1. The Hall–Kier alpha value is -3.50. The summed E-state index contributed by atoms with van der Waals surface area (Å²) in [5, 5.41) is 6.45. The minimum absolute atomic E-state index is 0.118. The number of fused-ring (bicyclic) bond motifs is 1. The van der Waals surface area contributed by atoms with E-state index in [0.717, 1.165) is 22.5 Å². The summed E-state index contributed by atoms with van der Waals surface area (Å²) in [6.45, 7) is 7.23. The standard InChI is InChI=1S/C25H30N6O3S/c1-15(2)30-35(33,34)22-13-20(8-6-16(22)3)28-25-26-14-17(4)24(29-25)27-19-9-10-21-18(12-19)7-11-23(32)31(21)5/h6,8-10,12-15,30H,7,11H2,1-5H3,(H2,26,27,28,29). The number of aryl methyl sites for hydroxylation is 3. The van der Waals surface area contributed by atoms with Gasteiger partial charge in [0.25, 0.3) is 0 Å². The SMILES string of the molecule is Cc1ccc(Nc2ncc(C)c(Nc3ccc4c(c3)CCC(=O)N4C)n2)cc1S(=O)(=O)NC(C)C. The molecule has 1 amide bonds. The second kappa shape index (κ2) is 9.63. The van der Waals surface area contributed by atoms with Crippen LogP contribution in [0, 0.1) is 13.8 Å². The van der Waals surface area contributed by atoms with E-state index >= 15 is 0 Å². The van der Waals surface area contributed by atoms with Crippen molar-refractivity contribution in [2.24, 2.45) is 0 Å².